The molecule has 0 spiro atoms. The van der Waals surface area contributed by atoms with Gasteiger partial charge in [0.2, 0.25) is 0 Å². The van der Waals surface area contributed by atoms with E-state index in [1.807, 2.05) is 41.5 Å². The quantitative estimate of drug-likeness (QED) is 0.686. The molecule has 0 saturated carbocycles. The van der Waals surface area contributed by atoms with Crippen molar-refractivity contribution in [2.75, 3.05) is 38.6 Å². The molecule has 0 aromatic rings. The topological polar surface area (TPSA) is 48.0 Å². The Bertz CT molecular complexity index is 339. The minimum Gasteiger partial charge on any atom is -0.379 e. The molecule has 126 valence electrons. The van der Waals surface area contributed by atoms with Gasteiger partial charge in [0.25, 0.3) is 0 Å². The van der Waals surface area contributed by atoms with Gasteiger partial charge in [-0.05, 0) is 52.9 Å². The standard InChI is InChI=1S/C14H30NO4PS/c1-13(2,3)18-20(16,19-14(4,5)6)21-12-9-15-7-10-17-11-8-15/h7-12H2,1-6H3. The van der Waals surface area contributed by atoms with Crippen LogP contribution in [0.25, 0.3) is 0 Å². The predicted octanol–water partition coefficient (Wildman–Crippen LogP) is 3.79. The van der Waals surface area contributed by atoms with E-state index in [1.165, 1.54) is 11.4 Å². The van der Waals surface area contributed by atoms with Crippen molar-refractivity contribution >= 4 is 18.2 Å². The van der Waals surface area contributed by atoms with E-state index in [4.69, 9.17) is 13.8 Å². The van der Waals surface area contributed by atoms with Crippen molar-refractivity contribution in [1.29, 1.82) is 0 Å². The molecule has 1 heterocycles. The second-order valence-corrected chi connectivity index (χ2v) is 11.2. The van der Waals surface area contributed by atoms with Gasteiger partial charge in [0.05, 0.1) is 24.4 Å². The van der Waals surface area contributed by atoms with Crippen LogP contribution in [0.4, 0.5) is 0 Å². The third-order valence-electron chi connectivity index (χ3n) is 2.53. The summed E-state index contributed by atoms with van der Waals surface area (Å²) < 4.78 is 29.8. The summed E-state index contributed by atoms with van der Waals surface area (Å²) in [5, 5.41) is 0. The van der Waals surface area contributed by atoms with Crippen molar-refractivity contribution in [3.05, 3.63) is 0 Å². The van der Waals surface area contributed by atoms with Gasteiger partial charge in [-0.2, -0.15) is 0 Å². The molecule has 0 aromatic carbocycles. The zero-order valence-corrected chi connectivity index (χ0v) is 15.9. The zero-order valence-electron chi connectivity index (χ0n) is 14.2. The Balaban J connectivity index is 2.53. The highest BCUT2D eigenvalue weighted by atomic mass is 32.7. The lowest BCUT2D eigenvalue weighted by molar-refractivity contribution is 0.0409. The van der Waals surface area contributed by atoms with Crippen molar-refractivity contribution < 1.29 is 18.3 Å². The number of ether oxygens (including phenoxy) is 1. The predicted molar refractivity (Wildman–Crippen MR) is 89.0 cm³/mol. The monoisotopic (exact) mass is 339 g/mol. The smallest absolute Gasteiger partial charge is 0.379 e. The molecule has 1 rings (SSSR count). The minimum absolute atomic E-state index is 0.493. The molecule has 0 aliphatic carbocycles. The van der Waals surface area contributed by atoms with Crippen LogP contribution in [-0.4, -0.2) is 54.7 Å². The first-order chi connectivity index (χ1) is 9.49. The lowest BCUT2D eigenvalue weighted by atomic mass is 10.2. The molecule has 0 unspecified atom stereocenters. The van der Waals surface area contributed by atoms with Crippen LogP contribution in [0.2, 0.25) is 0 Å². The van der Waals surface area contributed by atoms with Crippen LogP contribution in [0, 0.1) is 0 Å². The van der Waals surface area contributed by atoms with Crippen molar-refractivity contribution in [2.45, 2.75) is 52.7 Å². The van der Waals surface area contributed by atoms with Crippen molar-refractivity contribution in [3.8, 4) is 0 Å². The fourth-order valence-electron chi connectivity index (χ4n) is 1.85. The Hall–Kier alpha value is 0.420. The van der Waals surface area contributed by atoms with Crippen molar-refractivity contribution in [2.24, 2.45) is 0 Å². The molecule has 7 heteroatoms. The first-order valence-electron chi connectivity index (χ1n) is 7.45. The maximum atomic E-state index is 13.0. The third-order valence-corrected chi connectivity index (χ3v) is 6.70. The van der Waals surface area contributed by atoms with E-state index in [9.17, 15) is 4.57 Å². The fraction of sp³-hybridized carbons (Fsp3) is 1.00. The van der Waals surface area contributed by atoms with Crippen LogP contribution < -0.4 is 0 Å². The molecule has 0 bridgehead atoms. The van der Waals surface area contributed by atoms with E-state index >= 15 is 0 Å². The molecule has 0 atom stereocenters. The first kappa shape index (κ1) is 19.5. The molecule has 0 radical (unpaired) electrons. The minimum atomic E-state index is -3.17. The van der Waals surface area contributed by atoms with Crippen LogP contribution in [0.3, 0.4) is 0 Å². The van der Waals surface area contributed by atoms with Gasteiger partial charge in [-0.1, -0.05) is 0 Å². The second kappa shape index (κ2) is 7.80. The molecular formula is C14H30NO4PS. The summed E-state index contributed by atoms with van der Waals surface area (Å²) in [6.07, 6.45) is 0. The number of rotatable bonds is 6. The number of hydrogen-bond acceptors (Lipinski definition) is 6. The summed E-state index contributed by atoms with van der Waals surface area (Å²) in [7, 11) is 0. The molecular weight excluding hydrogens is 309 g/mol. The molecule has 5 nitrogen and oxygen atoms in total. The lowest BCUT2D eigenvalue weighted by Crippen LogP contribution is -2.37. The average molecular weight is 339 g/mol. The molecule has 1 aliphatic rings. The highest BCUT2D eigenvalue weighted by Crippen LogP contribution is 2.64. The van der Waals surface area contributed by atoms with Gasteiger partial charge in [0, 0.05) is 25.4 Å². The normalized spacial score (nSPS) is 19.0. The Kier molecular flexibility index (Phi) is 7.23. The highest BCUT2D eigenvalue weighted by Gasteiger charge is 2.36. The summed E-state index contributed by atoms with van der Waals surface area (Å²) in [6, 6.07) is 0. The van der Waals surface area contributed by atoms with Gasteiger partial charge < -0.3 is 4.74 Å². The van der Waals surface area contributed by atoms with Gasteiger partial charge in [0.1, 0.15) is 0 Å². The summed E-state index contributed by atoms with van der Waals surface area (Å²) in [4.78, 5) is 2.31. The molecule has 21 heavy (non-hydrogen) atoms. The number of nitrogens with zero attached hydrogens (tertiary/aromatic N) is 1. The van der Waals surface area contributed by atoms with Crippen LogP contribution in [0.5, 0.6) is 0 Å². The maximum absolute atomic E-state index is 13.0. The first-order valence-corrected chi connectivity index (χ1v) is 10.6. The summed E-state index contributed by atoms with van der Waals surface area (Å²) >= 11 is 1.30. The van der Waals surface area contributed by atoms with Gasteiger partial charge in [0.15, 0.2) is 0 Å². The van der Waals surface area contributed by atoms with Crippen LogP contribution >= 0.6 is 18.2 Å². The molecule has 0 aromatic heterocycles. The Labute approximate surface area is 133 Å². The Morgan fingerprint density at radius 3 is 1.95 bits per heavy atom. The number of hydrogen-bond donors (Lipinski definition) is 0. The van der Waals surface area contributed by atoms with E-state index < -0.39 is 18.0 Å². The van der Waals surface area contributed by atoms with E-state index in [2.05, 4.69) is 4.90 Å². The summed E-state index contributed by atoms with van der Waals surface area (Å²) in [5.41, 5.74) is -0.987. The largest absolute Gasteiger partial charge is 0.390 e. The lowest BCUT2D eigenvalue weighted by Gasteiger charge is -2.32. The molecule has 0 N–H and O–H groups in total. The van der Waals surface area contributed by atoms with Crippen LogP contribution in [0.15, 0.2) is 0 Å². The summed E-state index contributed by atoms with van der Waals surface area (Å²) in [6.45, 7) is 12.5. The third kappa shape index (κ3) is 9.22. The van der Waals surface area contributed by atoms with Gasteiger partial charge >= 0.3 is 6.80 Å². The highest BCUT2D eigenvalue weighted by molar-refractivity contribution is 8.55. The Morgan fingerprint density at radius 2 is 1.52 bits per heavy atom. The van der Waals surface area contributed by atoms with Crippen molar-refractivity contribution in [3.63, 3.8) is 0 Å². The van der Waals surface area contributed by atoms with Crippen LogP contribution in [0.1, 0.15) is 41.5 Å². The SMILES string of the molecule is CC(C)(C)OP(=O)(OC(C)(C)C)SCCN1CCOCC1. The molecule has 1 saturated heterocycles. The molecule has 1 fully saturated rings. The van der Waals surface area contributed by atoms with Gasteiger partial charge in [-0.25, -0.2) is 4.57 Å². The Morgan fingerprint density at radius 1 is 1.05 bits per heavy atom. The average Bonchev–Trinajstić information content (AvgIpc) is 2.24. The number of morpholine rings is 1. The van der Waals surface area contributed by atoms with Crippen molar-refractivity contribution in [1.82, 2.24) is 4.90 Å². The van der Waals surface area contributed by atoms with E-state index in [-0.39, 0.29) is 0 Å². The van der Waals surface area contributed by atoms with E-state index in [0.717, 1.165) is 38.6 Å². The maximum Gasteiger partial charge on any atom is 0.390 e. The fourth-order valence-corrected chi connectivity index (χ4v) is 6.47. The van der Waals surface area contributed by atoms with E-state index in [1.54, 1.807) is 0 Å². The van der Waals surface area contributed by atoms with Gasteiger partial charge in [-0.3, -0.25) is 13.9 Å². The molecule has 1 aliphatic heterocycles. The van der Waals surface area contributed by atoms with Gasteiger partial charge in [-0.15, -0.1) is 0 Å². The summed E-state index contributed by atoms with van der Waals surface area (Å²) in [5.74, 6) is 0.726. The van der Waals surface area contributed by atoms with Crippen LogP contribution in [-0.2, 0) is 18.3 Å². The molecule has 0 amide bonds. The van der Waals surface area contributed by atoms with E-state index in [0.29, 0.717) is 0 Å². The second-order valence-electron chi connectivity index (χ2n) is 7.14. The zero-order chi connectivity index (χ0) is 16.1.